The molecule has 0 fully saturated rings. The highest BCUT2D eigenvalue weighted by molar-refractivity contribution is 6.59. The maximum Gasteiger partial charge on any atom is 0.148 e. The summed E-state index contributed by atoms with van der Waals surface area (Å²) in [5.41, 5.74) is 1.46. The van der Waals surface area contributed by atoms with E-state index in [0.717, 1.165) is 5.75 Å². The first-order valence-electron chi connectivity index (χ1n) is 8.14. The Labute approximate surface area is 142 Å². The SMILES string of the molecule is BC(B)(B)OC(B)(B)C(B)(B)Oc1ccc(C(C)(C)C)cc1. The maximum atomic E-state index is 6.26. The molecule has 0 unspecified atom stereocenters. The predicted molar refractivity (Wildman–Crippen MR) is 115 cm³/mol. The molecule has 0 radical (unpaired) electrons. The lowest BCUT2D eigenvalue weighted by molar-refractivity contribution is 0.00240. The third-order valence-electron chi connectivity index (χ3n) is 4.10. The third kappa shape index (κ3) is 5.26. The standard InChI is InChI=1S/C13H27B7O2/c1-10(2,3)8-4-6-9(7-5-8)21-11(14,15)12(16,17)22-13(18,19)20/h4-7H,14-20H2,1-3H3. The fraction of sp³-hybridized carbons (Fsp3) is 0.538. The summed E-state index contributed by atoms with van der Waals surface area (Å²) >= 11 is 0. The molecule has 1 aromatic carbocycles. The van der Waals surface area contributed by atoms with Gasteiger partial charge in [-0.2, -0.15) is 0 Å². The van der Waals surface area contributed by atoms with E-state index in [2.05, 4.69) is 100.0 Å². The summed E-state index contributed by atoms with van der Waals surface area (Å²) in [5.74, 6) is 0.878. The molecule has 0 aliphatic rings. The second-order valence-corrected chi connectivity index (χ2v) is 9.11. The Kier molecular flexibility index (Phi) is 5.44. The quantitative estimate of drug-likeness (QED) is 0.512. The molecular formula is C13H27B7O2. The lowest BCUT2D eigenvalue weighted by Gasteiger charge is -2.47. The molecule has 1 rings (SSSR count). The number of hydrogen-bond donors (Lipinski definition) is 0. The van der Waals surface area contributed by atoms with Crippen molar-refractivity contribution in [3.05, 3.63) is 29.8 Å². The molecule has 0 heterocycles. The molecule has 0 saturated carbocycles. The van der Waals surface area contributed by atoms with Crippen LogP contribution in [0, 0.1) is 0 Å². The molecule has 0 atom stereocenters. The average Bonchev–Trinajstić information content (AvgIpc) is 2.24. The van der Waals surface area contributed by atoms with Crippen molar-refractivity contribution >= 4 is 54.9 Å². The van der Waals surface area contributed by atoms with E-state index in [0.29, 0.717) is 0 Å². The van der Waals surface area contributed by atoms with Gasteiger partial charge in [-0.05, 0) is 28.4 Å². The summed E-state index contributed by atoms with van der Waals surface area (Å²) < 4.78 is 12.5. The van der Waals surface area contributed by atoms with Crippen LogP contribution in [-0.4, -0.2) is 71.0 Å². The van der Waals surface area contributed by atoms with Crippen LogP contribution < -0.4 is 4.74 Å². The van der Waals surface area contributed by atoms with Crippen LogP contribution in [0.25, 0.3) is 0 Å². The van der Waals surface area contributed by atoms with Crippen molar-refractivity contribution in [1.29, 1.82) is 0 Å². The van der Waals surface area contributed by atoms with E-state index >= 15 is 0 Å². The van der Waals surface area contributed by atoms with Gasteiger partial charge in [0, 0.05) is 5.40 Å². The van der Waals surface area contributed by atoms with Crippen LogP contribution in [0.1, 0.15) is 26.3 Å². The van der Waals surface area contributed by atoms with Gasteiger partial charge in [-0.25, -0.2) is 0 Å². The Hall–Kier alpha value is -0.565. The zero-order chi connectivity index (χ0) is 17.4. The van der Waals surface area contributed by atoms with E-state index in [1.807, 2.05) is 0 Å². The summed E-state index contributed by atoms with van der Waals surface area (Å²) in [6, 6.07) is 8.39. The van der Waals surface area contributed by atoms with Crippen molar-refractivity contribution in [3.8, 4) is 5.75 Å². The molecule has 112 valence electrons. The molecule has 1 aromatic rings. The minimum absolute atomic E-state index is 0.155. The number of ether oxygens (including phenoxy) is 2. The average molecular weight is 291 g/mol. The van der Waals surface area contributed by atoms with Crippen LogP contribution in [0.4, 0.5) is 0 Å². The molecule has 0 aromatic heterocycles. The zero-order valence-corrected chi connectivity index (χ0v) is 16.1. The molecule has 0 N–H and O–H groups in total. The van der Waals surface area contributed by atoms with E-state index in [9.17, 15) is 0 Å². The van der Waals surface area contributed by atoms with Gasteiger partial charge in [0.05, 0.1) is 5.40 Å². The Bertz CT molecular complexity index is 501. The fourth-order valence-corrected chi connectivity index (χ4v) is 2.33. The van der Waals surface area contributed by atoms with Crippen LogP contribution >= 0.6 is 0 Å². The molecular weight excluding hydrogens is 264 g/mol. The van der Waals surface area contributed by atoms with Gasteiger partial charge in [0.15, 0.2) is 0 Å². The van der Waals surface area contributed by atoms with Crippen molar-refractivity contribution in [2.24, 2.45) is 0 Å². The number of benzene rings is 1. The van der Waals surface area contributed by atoms with Crippen LogP contribution in [0.2, 0.25) is 0 Å². The van der Waals surface area contributed by atoms with Crippen molar-refractivity contribution < 1.29 is 9.47 Å². The molecule has 0 bridgehead atoms. The number of rotatable bonds is 5. The maximum absolute atomic E-state index is 6.26. The zero-order valence-electron chi connectivity index (χ0n) is 16.1. The first-order chi connectivity index (χ1) is 9.64. The van der Waals surface area contributed by atoms with Gasteiger partial charge < -0.3 is 9.47 Å². The van der Waals surface area contributed by atoms with Crippen molar-refractivity contribution in [2.45, 2.75) is 42.3 Å². The number of hydrogen-bond acceptors (Lipinski definition) is 2. The highest BCUT2D eigenvalue weighted by atomic mass is 16.6. The van der Waals surface area contributed by atoms with Gasteiger partial charge in [-0.15, -0.1) is 0 Å². The Balaban J connectivity index is 2.92. The molecule has 0 amide bonds. The van der Waals surface area contributed by atoms with E-state index < -0.39 is 10.8 Å². The van der Waals surface area contributed by atoms with Crippen LogP contribution in [0.3, 0.4) is 0 Å². The highest BCUT2D eigenvalue weighted by Crippen LogP contribution is 2.28. The minimum Gasteiger partial charge on any atom is -0.504 e. The molecule has 0 saturated heterocycles. The van der Waals surface area contributed by atoms with Gasteiger partial charge in [0.25, 0.3) is 0 Å². The monoisotopic (exact) mass is 292 g/mol. The summed E-state index contributed by atoms with van der Waals surface area (Å²) in [5, 5.41) is -1.06. The smallest absolute Gasteiger partial charge is 0.148 e. The lowest BCUT2D eigenvalue weighted by Crippen LogP contribution is -2.65. The lowest BCUT2D eigenvalue weighted by atomic mass is 9.40. The topological polar surface area (TPSA) is 18.5 Å². The van der Waals surface area contributed by atoms with Crippen LogP contribution in [0.5, 0.6) is 5.75 Å². The van der Waals surface area contributed by atoms with Gasteiger partial charge in [-0.1, -0.05) is 32.9 Å². The van der Waals surface area contributed by atoms with Crippen molar-refractivity contribution in [3.63, 3.8) is 0 Å². The largest absolute Gasteiger partial charge is 0.504 e. The highest BCUT2D eigenvalue weighted by Gasteiger charge is 2.41. The van der Waals surface area contributed by atoms with Gasteiger partial charge >= 0.3 is 0 Å². The van der Waals surface area contributed by atoms with Gasteiger partial charge in [0.1, 0.15) is 60.7 Å². The molecule has 9 heteroatoms. The second kappa shape index (κ2) is 6.15. The first-order valence-corrected chi connectivity index (χ1v) is 8.14. The van der Waals surface area contributed by atoms with Gasteiger partial charge in [0.2, 0.25) is 0 Å². The van der Waals surface area contributed by atoms with E-state index in [1.165, 1.54) is 5.56 Å². The Morgan fingerprint density at radius 2 is 1.18 bits per heavy atom. The van der Waals surface area contributed by atoms with E-state index in [4.69, 9.17) is 9.47 Å². The van der Waals surface area contributed by atoms with Crippen molar-refractivity contribution in [1.82, 2.24) is 0 Å². The minimum atomic E-state index is -0.441. The summed E-state index contributed by atoms with van der Waals surface area (Å²) in [4.78, 5) is 0. The third-order valence-corrected chi connectivity index (χ3v) is 4.10. The molecule has 22 heavy (non-hydrogen) atoms. The van der Waals surface area contributed by atoms with Crippen LogP contribution in [-0.2, 0) is 10.2 Å². The normalized spacial score (nSPS) is 13.8. The summed E-state index contributed by atoms with van der Waals surface area (Å²) in [7, 11) is 14.5. The Morgan fingerprint density at radius 3 is 1.55 bits per heavy atom. The van der Waals surface area contributed by atoms with E-state index in [-0.39, 0.29) is 10.7 Å². The Morgan fingerprint density at radius 1 is 0.727 bits per heavy atom. The predicted octanol–water partition coefficient (Wildman–Crippen LogP) is -4.27. The van der Waals surface area contributed by atoms with Crippen LogP contribution in [0.15, 0.2) is 24.3 Å². The fourth-order valence-electron chi connectivity index (χ4n) is 2.33. The molecule has 2 nitrogen and oxygen atoms in total. The molecule has 0 aliphatic carbocycles. The van der Waals surface area contributed by atoms with Gasteiger partial charge in [-0.3, -0.25) is 0 Å². The van der Waals surface area contributed by atoms with Crippen molar-refractivity contribution in [2.75, 3.05) is 0 Å². The van der Waals surface area contributed by atoms with E-state index in [1.54, 1.807) is 0 Å². The summed E-state index contributed by atoms with van der Waals surface area (Å²) in [6.07, 6.45) is 0. The summed E-state index contributed by atoms with van der Waals surface area (Å²) in [6.45, 7) is 6.65. The molecule has 0 spiro atoms. The second-order valence-electron chi connectivity index (χ2n) is 9.11. The molecule has 0 aliphatic heterocycles. The first kappa shape index (κ1) is 19.5.